The number of aliphatic carboxylic acids is 1. The molecule has 2 N–H and O–H groups in total. The van der Waals surface area contributed by atoms with Crippen LogP contribution < -0.4 is 5.32 Å². The molecule has 1 unspecified atom stereocenters. The number of rotatable bonds is 4. The monoisotopic (exact) mass is 195 g/mol. The molecule has 0 heterocycles. The second kappa shape index (κ2) is 4.43. The van der Waals surface area contributed by atoms with E-state index in [1.165, 1.54) is 0 Å². The molecule has 0 saturated carbocycles. The summed E-state index contributed by atoms with van der Waals surface area (Å²) in [5.41, 5.74) is 0.0372. The summed E-state index contributed by atoms with van der Waals surface area (Å²) >= 11 is 0. The van der Waals surface area contributed by atoms with E-state index >= 15 is 0 Å². The summed E-state index contributed by atoms with van der Waals surface area (Å²) in [5, 5.41) is 12.0. The van der Waals surface area contributed by atoms with Crippen LogP contribution in [0.2, 0.25) is 11.0 Å². The van der Waals surface area contributed by atoms with Crippen molar-refractivity contribution in [1.29, 1.82) is 0 Å². The maximum atomic E-state index is 10.8. The standard InChI is InChI=1S/C8H20B3NO2/c1-7(2,3)12-4-8(10,11)5(9)6(13)14/h5,12H,4,9-11H2,1-3H3,(H,13,14). The molecule has 0 aromatic heterocycles. The summed E-state index contributed by atoms with van der Waals surface area (Å²) in [6.07, 6.45) is 0. The first kappa shape index (κ1) is 13.6. The molecule has 0 radical (unpaired) electrons. The van der Waals surface area contributed by atoms with Crippen molar-refractivity contribution >= 4 is 29.5 Å². The highest BCUT2D eigenvalue weighted by Gasteiger charge is 2.31. The van der Waals surface area contributed by atoms with Gasteiger partial charge < -0.3 is 10.4 Å². The number of hydrogen-bond acceptors (Lipinski definition) is 2. The van der Waals surface area contributed by atoms with Crippen LogP contribution in [0.15, 0.2) is 0 Å². The summed E-state index contributed by atoms with van der Waals surface area (Å²) < 4.78 is 0. The van der Waals surface area contributed by atoms with E-state index in [4.69, 9.17) is 5.11 Å². The Hall–Kier alpha value is -0.375. The van der Waals surface area contributed by atoms with Gasteiger partial charge in [-0.1, -0.05) is 5.21 Å². The Morgan fingerprint density at radius 3 is 2.14 bits per heavy atom. The highest BCUT2D eigenvalue weighted by Crippen LogP contribution is 2.30. The Morgan fingerprint density at radius 1 is 1.43 bits per heavy atom. The van der Waals surface area contributed by atoms with Crippen molar-refractivity contribution in [2.75, 3.05) is 6.54 Å². The van der Waals surface area contributed by atoms with Crippen LogP contribution in [0, 0.1) is 0 Å². The van der Waals surface area contributed by atoms with Gasteiger partial charge in [-0.15, -0.1) is 0 Å². The normalized spacial score (nSPS) is 15.1. The smallest absolute Gasteiger partial charge is 0.297 e. The van der Waals surface area contributed by atoms with Crippen LogP contribution in [-0.4, -0.2) is 46.7 Å². The molecule has 3 nitrogen and oxygen atoms in total. The zero-order valence-electron chi connectivity index (χ0n) is 10.1. The van der Waals surface area contributed by atoms with Gasteiger partial charge in [-0.05, 0) is 27.3 Å². The van der Waals surface area contributed by atoms with E-state index in [1.54, 1.807) is 7.85 Å². The van der Waals surface area contributed by atoms with Crippen molar-refractivity contribution in [1.82, 2.24) is 5.32 Å². The Balaban J connectivity index is 4.27. The minimum absolute atomic E-state index is 0.0372. The summed E-state index contributed by atoms with van der Waals surface area (Å²) in [4.78, 5) is 10.8. The summed E-state index contributed by atoms with van der Waals surface area (Å²) in [5.74, 6) is -1.07. The summed E-state index contributed by atoms with van der Waals surface area (Å²) in [6.45, 7) is 6.95. The van der Waals surface area contributed by atoms with Crippen LogP contribution in [0.25, 0.3) is 0 Å². The molecule has 0 rings (SSSR count). The van der Waals surface area contributed by atoms with Gasteiger partial charge in [0.05, 0.1) is 0 Å². The van der Waals surface area contributed by atoms with Crippen LogP contribution in [0.1, 0.15) is 20.8 Å². The highest BCUT2D eigenvalue weighted by molar-refractivity contribution is 6.47. The van der Waals surface area contributed by atoms with Crippen molar-refractivity contribution in [3.05, 3.63) is 0 Å². The van der Waals surface area contributed by atoms with Crippen LogP contribution in [-0.2, 0) is 4.79 Å². The van der Waals surface area contributed by atoms with Gasteiger partial charge in [0.15, 0.2) is 0 Å². The van der Waals surface area contributed by atoms with Crippen molar-refractivity contribution < 1.29 is 9.90 Å². The van der Waals surface area contributed by atoms with Crippen LogP contribution in [0.3, 0.4) is 0 Å². The third-order valence-corrected chi connectivity index (χ3v) is 2.62. The fourth-order valence-corrected chi connectivity index (χ4v) is 0.980. The molecule has 0 aliphatic heterocycles. The van der Waals surface area contributed by atoms with E-state index in [9.17, 15) is 4.79 Å². The van der Waals surface area contributed by atoms with E-state index in [-0.39, 0.29) is 16.6 Å². The molecule has 0 spiro atoms. The number of carboxylic acid groups (broad SMARTS) is 1. The fourth-order valence-electron chi connectivity index (χ4n) is 0.980. The van der Waals surface area contributed by atoms with Crippen molar-refractivity contribution in [3.8, 4) is 0 Å². The summed E-state index contributed by atoms with van der Waals surface area (Å²) in [7, 11) is 5.71. The summed E-state index contributed by atoms with van der Waals surface area (Å²) in [6, 6.07) is 0. The Bertz CT molecular complexity index is 213. The van der Waals surface area contributed by atoms with Gasteiger partial charge >= 0.3 is 0 Å². The molecule has 78 valence electrons. The average molecular weight is 195 g/mol. The first-order valence-electron chi connectivity index (χ1n) is 5.04. The third-order valence-electron chi connectivity index (χ3n) is 2.62. The van der Waals surface area contributed by atoms with Gasteiger partial charge in [-0.2, -0.15) is 0 Å². The van der Waals surface area contributed by atoms with E-state index in [2.05, 4.69) is 26.1 Å². The van der Waals surface area contributed by atoms with E-state index in [0.717, 1.165) is 0 Å². The molecule has 0 fully saturated rings. The van der Waals surface area contributed by atoms with E-state index in [1.807, 2.05) is 15.7 Å². The van der Waals surface area contributed by atoms with E-state index in [0.29, 0.717) is 6.54 Å². The van der Waals surface area contributed by atoms with Gasteiger partial charge in [0.25, 0.3) is 5.97 Å². The lowest BCUT2D eigenvalue weighted by molar-refractivity contribution is -0.137. The zero-order chi connectivity index (χ0) is 11.6. The van der Waals surface area contributed by atoms with Crippen molar-refractivity contribution in [2.24, 2.45) is 0 Å². The first-order chi connectivity index (χ1) is 6.06. The molecule has 0 aliphatic rings. The maximum absolute atomic E-state index is 10.8. The van der Waals surface area contributed by atoms with E-state index < -0.39 is 5.97 Å². The highest BCUT2D eigenvalue weighted by atomic mass is 16.4. The first-order valence-corrected chi connectivity index (χ1v) is 5.04. The molecule has 0 aromatic carbocycles. The number of carbonyl (C=O) groups is 1. The number of nitrogens with one attached hydrogen (secondary N) is 1. The molecule has 0 amide bonds. The lowest BCUT2D eigenvalue weighted by Crippen LogP contribution is -2.44. The van der Waals surface area contributed by atoms with Gasteiger partial charge in [-0.3, -0.25) is 4.79 Å². The molecule has 0 aliphatic carbocycles. The molecule has 0 bridgehead atoms. The van der Waals surface area contributed by atoms with Crippen LogP contribution >= 0.6 is 0 Å². The Morgan fingerprint density at radius 2 is 1.86 bits per heavy atom. The van der Waals surface area contributed by atoms with Gasteiger partial charge in [0.2, 0.25) is 0 Å². The molecule has 0 aromatic rings. The SMILES string of the molecule is BC(C(=O)O)C(B)(B)CNC(C)(C)C. The zero-order valence-corrected chi connectivity index (χ0v) is 10.1. The van der Waals surface area contributed by atoms with Gasteiger partial charge in [0, 0.05) is 11.4 Å². The molecule has 6 heteroatoms. The molecule has 14 heavy (non-hydrogen) atoms. The second-order valence-corrected chi connectivity index (χ2v) is 5.65. The van der Waals surface area contributed by atoms with Crippen LogP contribution in [0.4, 0.5) is 0 Å². The van der Waals surface area contributed by atoms with Gasteiger partial charge in [0.1, 0.15) is 23.5 Å². The molecular formula is C8H20B3NO2. The van der Waals surface area contributed by atoms with Crippen molar-refractivity contribution in [3.63, 3.8) is 0 Å². The van der Waals surface area contributed by atoms with Gasteiger partial charge in [-0.25, -0.2) is 0 Å². The van der Waals surface area contributed by atoms with Crippen LogP contribution in [0.5, 0.6) is 0 Å². The molecule has 0 saturated heterocycles. The molecule has 1 atom stereocenters. The Labute approximate surface area is 89.3 Å². The number of carboxylic acids is 1. The number of hydrogen-bond donors (Lipinski definition) is 2. The van der Waals surface area contributed by atoms with Crippen molar-refractivity contribution in [2.45, 2.75) is 37.3 Å². The lowest BCUT2D eigenvalue weighted by atomic mass is 9.43. The molecular weight excluding hydrogens is 175 g/mol. The average Bonchev–Trinajstić information content (AvgIpc) is 1.98. The third kappa shape index (κ3) is 4.75. The Kier molecular flexibility index (Phi) is 4.31. The minimum atomic E-state index is -0.731. The maximum Gasteiger partial charge on any atom is 0.297 e. The lowest BCUT2D eigenvalue weighted by Gasteiger charge is -2.33. The predicted octanol–water partition coefficient (Wildman–Crippen LogP) is -1.74. The minimum Gasteiger partial charge on any atom is -0.482 e. The predicted molar refractivity (Wildman–Crippen MR) is 67.5 cm³/mol. The quantitative estimate of drug-likeness (QED) is 0.523. The topological polar surface area (TPSA) is 49.3 Å². The second-order valence-electron chi connectivity index (χ2n) is 5.65. The largest absolute Gasteiger partial charge is 0.482 e. The fraction of sp³-hybridized carbons (Fsp3) is 0.875.